The first-order chi connectivity index (χ1) is 17.4. The number of hydrogen-bond acceptors (Lipinski definition) is 8. The normalized spacial score (nSPS) is 18.1. The third kappa shape index (κ3) is 6.35. The maximum Gasteiger partial charge on any atom is 0.275 e. The average molecular weight is 497 g/mol. The zero-order valence-corrected chi connectivity index (χ0v) is 20.6. The number of hydrogen-bond donors (Lipinski definition) is 1. The topological polar surface area (TPSA) is 127 Å². The molecule has 1 aliphatic heterocycles. The van der Waals surface area contributed by atoms with Crippen molar-refractivity contribution in [3.8, 4) is 11.3 Å². The number of aliphatic hydroxyl groups excluding tert-OH is 1. The molecule has 11 nitrogen and oxygen atoms in total. The van der Waals surface area contributed by atoms with Crippen molar-refractivity contribution in [1.82, 2.24) is 30.0 Å². The number of carbonyl (C=O) groups is 2. The van der Waals surface area contributed by atoms with Crippen LogP contribution >= 0.6 is 0 Å². The zero-order chi connectivity index (χ0) is 25.5. The van der Waals surface area contributed by atoms with E-state index in [0.717, 1.165) is 5.56 Å². The molecule has 2 bridgehead atoms. The van der Waals surface area contributed by atoms with Crippen molar-refractivity contribution in [1.29, 1.82) is 0 Å². The number of aliphatic hydroxyl groups is 1. The minimum atomic E-state index is -0.383. The molecule has 4 rings (SSSR count). The molecule has 0 aliphatic carbocycles. The molecule has 0 saturated carbocycles. The predicted molar refractivity (Wildman–Crippen MR) is 130 cm³/mol. The summed E-state index contributed by atoms with van der Waals surface area (Å²) in [6.07, 6.45) is 2.88. The second-order valence-electron chi connectivity index (χ2n) is 9.05. The van der Waals surface area contributed by atoms with Crippen LogP contribution in [0.2, 0.25) is 0 Å². The quantitative estimate of drug-likeness (QED) is 0.549. The van der Waals surface area contributed by atoms with E-state index < -0.39 is 0 Å². The van der Waals surface area contributed by atoms with E-state index in [1.54, 1.807) is 22.7 Å². The van der Waals surface area contributed by atoms with Gasteiger partial charge in [0.15, 0.2) is 11.5 Å². The third-order valence-corrected chi connectivity index (χ3v) is 6.25. The number of aromatic nitrogens is 4. The van der Waals surface area contributed by atoms with Crippen molar-refractivity contribution >= 4 is 11.8 Å². The molecule has 2 aromatic heterocycles. The van der Waals surface area contributed by atoms with E-state index in [4.69, 9.17) is 9.26 Å². The summed E-state index contributed by atoms with van der Waals surface area (Å²) in [6.45, 7) is 3.18. The average Bonchev–Trinajstić information content (AvgIpc) is 3.57. The SMILES string of the molecule is C[C@@H](CO)N1CC[C@H](CN(C)C(=O)c2cc(-c3ccccc3)on2)OCc2cn(nn2)CCCC1=O. The van der Waals surface area contributed by atoms with Crippen LogP contribution in [-0.2, 0) is 22.7 Å². The van der Waals surface area contributed by atoms with E-state index in [1.165, 1.54) is 4.90 Å². The number of carbonyl (C=O) groups excluding carboxylic acids is 2. The third-order valence-electron chi connectivity index (χ3n) is 6.25. The molecular weight excluding hydrogens is 464 g/mol. The highest BCUT2D eigenvalue weighted by Gasteiger charge is 2.25. The molecule has 0 saturated heterocycles. The minimum absolute atomic E-state index is 0.0321. The number of nitrogens with zero attached hydrogens (tertiary/aromatic N) is 6. The van der Waals surface area contributed by atoms with Crippen molar-refractivity contribution < 1.29 is 24.0 Å². The van der Waals surface area contributed by atoms with Crippen molar-refractivity contribution in [3.05, 3.63) is 54.0 Å². The Morgan fingerprint density at radius 1 is 1.28 bits per heavy atom. The van der Waals surface area contributed by atoms with E-state index >= 15 is 0 Å². The summed E-state index contributed by atoms with van der Waals surface area (Å²) in [5.74, 6) is 0.186. The zero-order valence-electron chi connectivity index (χ0n) is 20.6. The summed E-state index contributed by atoms with van der Waals surface area (Å²) in [5, 5.41) is 21.9. The van der Waals surface area contributed by atoms with Crippen molar-refractivity contribution in [2.24, 2.45) is 0 Å². The standard InChI is InChI=1S/C25H32N6O5/c1-18(16-32)31-12-10-21(35-17-20-14-30(28-26-20)11-6-9-24(31)33)15-29(2)25(34)22-13-23(36-27-22)19-7-4-3-5-8-19/h3-5,7-8,13-14,18,21,32H,6,9-12,15-17H2,1-2H3/t18-,21+/m0/s1. The Hall–Kier alpha value is -3.57. The van der Waals surface area contributed by atoms with Crippen molar-refractivity contribution in [2.45, 2.75) is 51.5 Å². The van der Waals surface area contributed by atoms with Gasteiger partial charge in [-0.2, -0.15) is 0 Å². The molecule has 192 valence electrons. The van der Waals surface area contributed by atoms with Crippen LogP contribution in [-0.4, -0.2) is 85.8 Å². The van der Waals surface area contributed by atoms with Gasteiger partial charge in [0.1, 0.15) is 5.69 Å². The maximum absolute atomic E-state index is 13.1. The predicted octanol–water partition coefficient (Wildman–Crippen LogP) is 1.98. The highest BCUT2D eigenvalue weighted by molar-refractivity contribution is 5.93. The van der Waals surface area contributed by atoms with Crippen molar-refractivity contribution in [3.63, 3.8) is 0 Å². The van der Waals surface area contributed by atoms with Crippen LogP contribution in [0.5, 0.6) is 0 Å². The molecule has 1 aliphatic rings. The first-order valence-electron chi connectivity index (χ1n) is 12.1. The van der Waals surface area contributed by atoms with Gasteiger partial charge >= 0.3 is 0 Å². The summed E-state index contributed by atoms with van der Waals surface area (Å²) in [5.41, 5.74) is 1.72. The summed E-state index contributed by atoms with van der Waals surface area (Å²) >= 11 is 0. The van der Waals surface area contributed by atoms with Gasteiger partial charge in [0.25, 0.3) is 5.91 Å². The van der Waals surface area contributed by atoms with E-state index in [0.29, 0.717) is 43.8 Å². The minimum Gasteiger partial charge on any atom is -0.394 e. The summed E-state index contributed by atoms with van der Waals surface area (Å²) < 4.78 is 13.2. The number of fused-ring (bicyclic) bond motifs is 2. The molecular formula is C25H32N6O5. The summed E-state index contributed by atoms with van der Waals surface area (Å²) in [7, 11) is 1.68. The van der Waals surface area contributed by atoms with Gasteiger partial charge in [-0.3, -0.25) is 14.3 Å². The molecule has 0 radical (unpaired) electrons. The molecule has 1 aromatic carbocycles. The molecule has 2 atom stereocenters. The monoisotopic (exact) mass is 496 g/mol. The number of ether oxygens (including phenoxy) is 1. The van der Waals surface area contributed by atoms with Crippen LogP contribution in [0, 0.1) is 0 Å². The van der Waals surface area contributed by atoms with E-state index in [9.17, 15) is 14.7 Å². The molecule has 0 unspecified atom stereocenters. The first kappa shape index (κ1) is 25.5. The first-order valence-corrected chi connectivity index (χ1v) is 12.1. The van der Waals surface area contributed by atoms with Gasteiger partial charge in [-0.15, -0.1) is 5.10 Å². The lowest BCUT2D eigenvalue weighted by molar-refractivity contribution is -0.134. The fourth-order valence-corrected chi connectivity index (χ4v) is 4.15. The van der Waals surface area contributed by atoms with Gasteiger partial charge in [-0.25, -0.2) is 0 Å². The van der Waals surface area contributed by atoms with Crippen molar-refractivity contribution in [2.75, 3.05) is 26.7 Å². The van der Waals surface area contributed by atoms with Gasteiger partial charge in [0.2, 0.25) is 5.91 Å². The van der Waals surface area contributed by atoms with Crippen LogP contribution in [0.3, 0.4) is 0 Å². The highest BCUT2D eigenvalue weighted by atomic mass is 16.5. The van der Waals surface area contributed by atoms with Gasteiger partial charge in [-0.1, -0.05) is 40.7 Å². The van der Waals surface area contributed by atoms with E-state index in [1.807, 2.05) is 43.5 Å². The molecule has 1 N–H and O–H groups in total. The molecule has 0 fully saturated rings. The molecule has 2 amide bonds. The molecule has 11 heteroatoms. The Labute approximate surface area is 209 Å². The lowest BCUT2D eigenvalue weighted by atomic mass is 10.1. The Morgan fingerprint density at radius 2 is 2.08 bits per heavy atom. The molecule has 3 heterocycles. The number of aryl methyl sites for hydroxylation is 1. The van der Waals surface area contributed by atoms with Crippen LogP contribution < -0.4 is 0 Å². The largest absolute Gasteiger partial charge is 0.394 e. The summed E-state index contributed by atoms with van der Waals surface area (Å²) in [6, 6.07) is 10.8. The second kappa shape index (κ2) is 11.9. The fraction of sp³-hybridized carbons (Fsp3) is 0.480. The van der Waals surface area contributed by atoms with E-state index in [2.05, 4.69) is 15.5 Å². The molecule has 0 spiro atoms. The number of rotatable bonds is 6. The van der Waals surface area contributed by atoms with Crippen LogP contribution in [0.1, 0.15) is 42.4 Å². The Kier molecular flexibility index (Phi) is 8.44. The highest BCUT2D eigenvalue weighted by Crippen LogP contribution is 2.21. The Morgan fingerprint density at radius 3 is 2.86 bits per heavy atom. The summed E-state index contributed by atoms with van der Waals surface area (Å²) in [4.78, 5) is 29.2. The number of benzene rings is 1. The second-order valence-corrected chi connectivity index (χ2v) is 9.05. The van der Waals surface area contributed by atoms with Gasteiger partial charge < -0.3 is 24.2 Å². The Bertz CT molecular complexity index is 1150. The smallest absolute Gasteiger partial charge is 0.275 e. The fourth-order valence-electron chi connectivity index (χ4n) is 4.15. The number of likely N-dealkylation sites (N-methyl/N-ethyl adjacent to an activating group) is 1. The van der Waals surface area contributed by atoms with Gasteiger partial charge in [0.05, 0.1) is 31.6 Å². The molecule has 36 heavy (non-hydrogen) atoms. The lowest BCUT2D eigenvalue weighted by Gasteiger charge is -2.31. The van der Waals surface area contributed by atoms with Crippen LogP contribution in [0.25, 0.3) is 11.3 Å². The van der Waals surface area contributed by atoms with E-state index in [-0.39, 0.29) is 49.4 Å². The van der Waals surface area contributed by atoms with Gasteiger partial charge in [-0.05, 0) is 19.8 Å². The van der Waals surface area contributed by atoms with Gasteiger partial charge in [0, 0.05) is 44.7 Å². The Balaban J connectivity index is 1.47. The molecule has 3 aromatic rings. The number of amides is 2. The lowest BCUT2D eigenvalue weighted by Crippen LogP contribution is -2.44. The van der Waals surface area contributed by atoms with Crippen LogP contribution in [0.4, 0.5) is 0 Å². The van der Waals surface area contributed by atoms with Crippen LogP contribution in [0.15, 0.2) is 47.1 Å². The maximum atomic E-state index is 13.1.